The van der Waals surface area contributed by atoms with Gasteiger partial charge in [-0.15, -0.1) is 5.10 Å². The normalized spacial score (nSPS) is 20.1. The lowest BCUT2D eigenvalue weighted by Gasteiger charge is -2.25. The van der Waals surface area contributed by atoms with Crippen molar-refractivity contribution in [3.05, 3.63) is 10.6 Å². The maximum Gasteiger partial charge on any atom is 0.0801 e. The molecule has 0 amide bonds. The van der Waals surface area contributed by atoms with Crippen molar-refractivity contribution in [3.63, 3.8) is 0 Å². The van der Waals surface area contributed by atoms with E-state index in [1.165, 1.54) is 49.1 Å². The first-order chi connectivity index (χ1) is 8.36. The highest BCUT2D eigenvalue weighted by molar-refractivity contribution is 7.05. The summed E-state index contributed by atoms with van der Waals surface area (Å²) < 4.78 is 4.13. The second kappa shape index (κ2) is 6.45. The number of nitrogens with zero attached hydrogens (tertiary/aromatic N) is 2. The van der Waals surface area contributed by atoms with Crippen molar-refractivity contribution in [1.82, 2.24) is 14.9 Å². The van der Waals surface area contributed by atoms with E-state index < -0.39 is 0 Å². The van der Waals surface area contributed by atoms with Crippen molar-refractivity contribution < 1.29 is 0 Å². The largest absolute Gasteiger partial charge is 0.312 e. The Morgan fingerprint density at radius 2 is 2.00 bits per heavy atom. The molecule has 1 N–H and O–H groups in total. The van der Waals surface area contributed by atoms with Crippen LogP contribution in [0.3, 0.4) is 0 Å². The van der Waals surface area contributed by atoms with Gasteiger partial charge in [-0.25, -0.2) is 0 Å². The summed E-state index contributed by atoms with van der Waals surface area (Å²) in [6.07, 6.45) is 9.30. The number of rotatable bonds is 4. The van der Waals surface area contributed by atoms with Gasteiger partial charge < -0.3 is 5.32 Å². The molecule has 1 heterocycles. The molecule has 0 saturated heterocycles. The highest BCUT2D eigenvalue weighted by Gasteiger charge is 2.26. The van der Waals surface area contributed by atoms with Crippen LogP contribution >= 0.6 is 11.5 Å². The third-order valence-electron chi connectivity index (χ3n) is 3.88. The molecule has 0 bridgehead atoms. The van der Waals surface area contributed by atoms with Gasteiger partial charge in [0.2, 0.25) is 0 Å². The summed E-state index contributed by atoms with van der Waals surface area (Å²) in [4.78, 5) is 1.38. The van der Waals surface area contributed by atoms with Crippen LogP contribution in [0.4, 0.5) is 0 Å². The Balaban J connectivity index is 2.14. The first kappa shape index (κ1) is 13.0. The van der Waals surface area contributed by atoms with E-state index in [9.17, 15) is 0 Å². The first-order valence-electron chi connectivity index (χ1n) is 6.85. The van der Waals surface area contributed by atoms with E-state index in [1.807, 2.05) is 0 Å². The van der Waals surface area contributed by atoms with E-state index in [1.54, 1.807) is 11.5 Å². The van der Waals surface area contributed by atoms with Crippen LogP contribution in [0.5, 0.6) is 0 Å². The Morgan fingerprint density at radius 1 is 1.29 bits per heavy atom. The highest BCUT2D eigenvalue weighted by Crippen LogP contribution is 2.35. The van der Waals surface area contributed by atoms with Gasteiger partial charge in [-0.2, -0.15) is 0 Å². The molecular weight excluding hydrogens is 230 g/mol. The zero-order chi connectivity index (χ0) is 12.1. The fourth-order valence-electron chi connectivity index (χ4n) is 2.92. The SMILES string of the molecule is CCc1nnsc1C(NC)C1CCCCCC1. The lowest BCUT2D eigenvalue weighted by Crippen LogP contribution is -2.25. The minimum atomic E-state index is 0.475. The van der Waals surface area contributed by atoms with Crippen LogP contribution < -0.4 is 5.32 Å². The lowest BCUT2D eigenvalue weighted by molar-refractivity contribution is 0.344. The van der Waals surface area contributed by atoms with E-state index in [0.29, 0.717) is 6.04 Å². The van der Waals surface area contributed by atoms with E-state index >= 15 is 0 Å². The summed E-state index contributed by atoms with van der Waals surface area (Å²) >= 11 is 1.58. The van der Waals surface area contributed by atoms with Crippen LogP contribution in [0, 0.1) is 5.92 Å². The molecule has 1 aromatic rings. The smallest absolute Gasteiger partial charge is 0.0801 e. The Hall–Kier alpha value is -0.480. The minimum Gasteiger partial charge on any atom is -0.312 e. The third-order valence-corrected chi connectivity index (χ3v) is 4.73. The van der Waals surface area contributed by atoms with Crippen molar-refractivity contribution in [1.29, 1.82) is 0 Å². The second-order valence-electron chi connectivity index (χ2n) is 4.96. The average Bonchev–Trinajstić information content (AvgIpc) is 2.65. The zero-order valence-corrected chi connectivity index (χ0v) is 11.7. The van der Waals surface area contributed by atoms with E-state index in [4.69, 9.17) is 0 Å². The topological polar surface area (TPSA) is 37.8 Å². The number of hydrogen-bond donors (Lipinski definition) is 1. The quantitative estimate of drug-likeness (QED) is 0.836. The van der Waals surface area contributed by atoms with Crippen LogP contribution in [0.2, 0.25) is 0 Å². The van der Waals surface area contributed by atoms with Crippen LogP contribution in [0.1, 0.15) is 62.1 Å². The average molecular weight is 253 g/mol. The van der Waals surface area contributed by atoms with Gasteiger partial charge in [-0.1, -0.05) is 37.1 Å². The number of aromatic nitrogens is 2. The minimum absolute atomic E-state index is 0.475. The molecule has 4 heteroatoms. The maximum atomic E-state index is 4.25. The summed E-state index contributed by atoms with van der Waals surface area (Å²) in [5.41, 5.74) is 1.19. The Bertz CT molecular complexity index is 329. The van der Waals surface area contributed by atoms with Gasteiger partial charge in [0.15, 0.2) is 0 Å². The van der Waals surface area contributed by atoms with Crippen molar-refractivity contribution >= 4 is 11.5 Å². The van der Waals surface area contributed by atoms with Gasteiger partial charge >= 0.3 is 0 Å². The molecule has 0 aromatic carbocycles. The molecule has 1 aliphatic rings. The lowest BCUT2D eigenvalue weighted by atomic mass is 9.90. The fraction of sp³-hybridized carbons (Fsp3) is 0.846. The van der Waals surface area contributed by atoms with E-state index in [-0.39, 0.29) is 0 Å². The van der Waals surface area contributed by atoms with Crippen molar-refractivity contribution in [3.8, 4) is 0 Å². The fourth-order valence-corrected chi connectivity index (χ4v) is 3.86. The molecule has 1 aliphatic carbocycles. The van der Waals surface area contributed by atoms with Crippen LogP contribution in [-0.4, -0.2) is 16.6 Å². The van der Waals surface area contributed by atoms with Crippen LogP contribution in [-0.2, 0) is 6.42 Å². The van der Waals surface area contributed by atoms with Crippen LogP contribution in [0.15, 0.2) is 0 Å². The zero-order valence-electron chi connectivity index (χ0n) is 10.9. The number of aryl methyl sites for hydroxylation is 1. The third kappa shape index (κ3) is 3.05. The molecule has 2 rings (SSSR count). The molecule has 17 heavy (non-hydrogen) atoms. The van der Waals surface area contributed by atoms with Gasteiger partial charge in [0, 0.05) is 6.04 Å². The van der Waals surface area contributed by atoms with Crippen molar-refractivity contribution in [2.45, 2.75) is 57.9 Å². The van der Waals surface area contributed by atoms with Crippen molar-refractivity contribution in [2.24, 2.45) is 5.92 Å². The molecule has 0 radical (unpaired) electrons. The molecule has 0 spiro atoms. The maximum absolute atomic E-state index is 4.25. The van der Waals surface area contributed by atoms with Gasteiger partial charge in [-0.05, 0) is 43.8 Å². The van der Waals surface area contributed by atoms with Gasteiger partial charge in [-0.3, -0.25) is 0 Å². The predicted molar refractivity (Wildman–Crippen MR) is 72.3 cm³/mol. The van der Waals surface area contributed by atoms with Crippen LogP contribution in [0.25, 0.3) is 0 Å². The summed E-state index contributed by atoms with van der Waals surface area (Å²) in [6, 6.07) is 0.475. The molecule has 3 nitrogen and oxygen atoms in total. The van der Waals surface area contributed by atoms with E-state index in [0.717, 1.165) is 12.3 Å². The number of nitrogens with one attached hydrogen (secondary N) is 1. The number of hydrogen-bond acceptors (Lipinski definition) is 4. The molecule has 1 saturated carbocycles. The Morgan fingerprint density at radius 3 is 2.59 bits per heavy atom. The predicted octanol–water partition coefficient (Wildman–Crippen LogP) is 3.33. The molecule has 1 aromatic heterocycles. The molecule has 1 fully saturated rings. The van der Waals surface area contributed by atoms with Crippen molar-refractivity contribution in [2.75, 3.05) is 7.05 Å². The Labute approximate surface area is 108 Å². The highest BCUT2D eigenvalue weighted by atomic mass is 32.1. The summed E-state index contributed by atoms with van der Waals surface area (Å²) in [5.74, 6) is 0.773. The molecule has 0 aliphatic heterocycles. The second-order valence-corrected chi connectivity index (χ2v) is 5.74. The molecule has 96 valence electrons. The van der Waals surface area contributed by atoms with Gasteiger partial charge in [0.05, 0.1) is 10.6 Å². The monoisotopic (exact) mass is 253 g/mol. The summed E-state index contributed by atoms with van der Waals surface area (Å²) in [6.45, 7) is 2.17. The standard InChI is InChI=1S/C13H23N3S/c1-3-11-13(17-16-15-11)12(14-2)10-8-6-4-5-7-9-10/h10,12,14H,3-9H2,1-2H3. The summed E-state index contributed by atoms with van der Waals surface area (Å²) in [5, 5.41) is 7.76. The Kier molecular flexibility index (Phi) is 4.92. The van der Waals surface area contributed by atoms with Gasteiger partial charge in [0.25, 0.3) is 0 Å². The molecular formula is C13H23N3S. The van der Waals surface area contributed by atoms with Gasteiger partial charge in [0.1, 0.15) is 0 Å². The first-order valence-corrected chi connectivity index (χ1v) is 7.62. The summed E-state index contributed by atoms with van der Waals surface area (Å²) in [7, 11) is 2.08. The van der Waals surface area contributed by atoms with E-state index in [2.05, 4.69) is 28.9 Å². The molecule has 1 unspecified atom stereocenters. The molecule has 1 atom stereocenters.